The average Bonchev–Trinajstić information content (AvgIpc) is 3.43. The zero-order valence-corrected chi connectivity index (χ0v) is 51.8. The second-order valence-electron chi connectivity index (χ2n) is 22.3. The summed E-state index contributed by atoms with van der Waals surface area (Å²) in [5.41, 5.74) is 0. The molecule has 0 aliphatic carbocycles. The standard InChI is InChI=1S/C66H123O11P/c1-4-7-10-13-16-19-22-25-28-30-31-33-36-39-42-45-48-51-54-57-66(70)77-63(59-73-64(68)55-52-49-46-43-40-37-34-27-24-21-18-15-12-9-6-3)61-75-78(71,72)74-60-62(58-67)76-65(69)56-53-50-47-44-41-38-35-32-29-26-23-20-17-14-11-8-5-2/h16,19,25-26,28-29,62-63,67H,4-15,17-18,20-24,27,30-61H2,1-3H3,(H,71,72)/b19-16-,28-25-,29-26-. The summed E-state index contributed by atoms with van der Waals surface area (Å²) in [4.78, 5) is 48.8. The van der Waals surface area contributed by atoms with Gasteiger partial charge in [-0.25, -0.2) is 4.57 Å². The number of carbonyl (C=O) groups is 3. The number of phosphoric ester groups is 1. The van der Waals surface area contributed by atoms with Gasteiger partial charge in [0.2, 0.25) is 0 Å². The van der Waals surface area contributed by atoms with Crippen molar-refractivity contribution in [1.82, 2.24) is 0 Å². The third kappa shape index (κ3) is 58.4. The van der Waals surface area contributed by atoms with Gasteiger partial charge < -0.3 is 24.2 Å². The molecule has 0 amide bonds. The molecular formula is C66H123O11P. The molecule has 0 fully saturated rings. The van der Waals surface area contributed by atoms with E-state index in [1.54, 1.807) is 0 Å². The quantitative estimate of drug-likeness (QED) is 0.0197. The fourth-order valence-electron chi connectivity index (χ4n) is 9.50. The van der Waals surface area contributed by atoms with E-state index in [1.165, 1.54) is 193 Å². The second-order valence-corrected chi connectivity index (χ2v) is 23.7. The van der Waals surface area contributed by atoms with Gasteiger partial charge in [-0.05, 0) is 77.0 Å². The van der Waals surface area contributed by atoms with Crippen LogP contribution in [0.15, 0.2) is 36.5 Å². The topological polar surface area (TPSA) is 155 Å². The Morgan fingerprint density at radius 1 is 0.359 bits per heavy atom. The van der Waals surface area contributed by atoms with E-state index in [2.05, 4.69) is 57.2 Å². The summed E-state index contributed by atoms with van der Waals surface area (Å²) in [5, 5.41) is 9.86. The number of carbonyl (C=O) groups excluding carboxylic acids is 3. The van der Waals surface area contributed by atoms with Crippen molar-refractivity contribution in [3.8, 4) is 0 Å². The van der Waals surface area contributed by atoms with Crippen molar-refractivity contribution in [3.63, 3.8) is 0 Å². The van der Waals surface area contributed by atoms with Gasteiger partial charge in [-0.15, -0.1) is 0 Å². The summed E-state index contributed by atoms with van der Waals surface area (Å²) in [6.07, 6.45) is 65.1. The van der Waals surface area contributed by atoms with Gasteiger partial charge in [-0.2, -0.15) is 0 Å². The van der Waals surface area contributed by atoms with Gasteiger partial charge in [0, 0.05) is 19.3 Å². The number of esters is 3. The molecule has 0 aromatic rings. The SMILES string of the molecule is CCCCC/C=C\C/C=C\CCCCCCCCCCCC(=O)OC(COC(=O)CCCCCCCCCCCCCCCCC)COP(=O)(O)OCC(CO)OC(=O)CCCCCCCCC/C=C\CCCCCCCC. The summed E-state index contributed by atoms with van der Waals surface area (Å²) in [5.74, 6) is -1.45. The fourth-order valence-corrected chi connectivity index (χ4v) is 10.3. The average molecular weight is 1120 g/mol. The van der Waals surface area contributed by atoms with Crippen LogP contribution in [0, 0.1) is 0 Å². The summed E-state index contributed by atoms with van der Waals surface area (Å²) in [7, 11) is -4.75. The van der Waals surface area contributed by atoms with Crippen LogP contribution in [0.4, 0.5) is 0 Å². The van der Waals surface area contributed by atoms with Crippen LogP contribution in [0.3, 0.4) is 0 Å². The zero-order chi connectivity index (χ0) is 56.9. The maximum atomic E-state index is 13.0. The molecule has 3 atom stereocenters. The largest absolute Gasteiger partial charge is 0.472 e. The van der Waals surface area contributed by atoms with Gasteiger partial charge in [0.05, 0.1) is 19.8 Å². The molecule has 0 heterocycles. The summed E-state index contributed by atoms with van der Waals surface area (Å²) in [6, 6.07) is 0. The van der Waals surface area contributed by atoms with E-state index in [0.717, 1.165) is 77.0 Å². The molecule has 0 radical (unpaired) electrons. The first-order valence-corrected chi connectivity index (χ1v) is 34.4. The third-order valence-electron chi connectivity index (χ3n) is 14.5. The minimum atomic E-state index is -4.75. The number of phosphoric acid groups is 1. The number of rotatable bonds is 62. The van der Waals surface area contributed by atoms with Crippen LogP contribution in [0.25, 0.3) is 0 Å². The monoisotopic (exact) mass is 1120 g/mol. The fraction of sp³-hybridized carbons (Fsp3) is 0.864. The van der Waals surface area contributed by atoms with E-state index >= 15 is 0 Å². The first kappa shape index (κ1) is 75.7. The lowest BCUT2D eigenvalue weighted by Crippen LogP contribution is -2.30. The first-order valence-electron chi connectivity index (χ1n) is 32.9. The Hall–Kier alpha value is -2.30. The normalized spacial score (nSPS) is 13.4. The first-order chi connectivity index (χ1) is 38.2. The lowest BCUT2D eigenvalue weighted by molar-refractivity contribution is -0.161. The molecule has 3 unspecified atom stereocenters. The molecule has 12 heteroatoms. The van der Waals surface area contributed by atoms with Gasteiger partial charge >= 0.3 is 25.7 Å². The predicted molar refractivity (Wildman–Crippen MR) is 326 cm³/mol. The molecule has 0 bridgehead atoms. The number of hydrogen-bond donors (Lipinski definition) is 2. The molecule has 0 spiro atoms. The van der Waals surface area contributed by atoms with Crippen LogP contribution < -0.4 is 0 Å². The second kappa shape index (κ2) is 60.8. The summed E-state index contributed by atoms with van der Waals surface area (Å²) in [6.45, 7) is 4.68. The van der Waals surface area contributed by atoms with Gasteiger partial charge in [0.15, 0.2) is 6.10 Å². The van der Waals surface area contributed by atoms with Crippen LogP contribution in [-0.2, 0) is 42.2 Å². The molecule has 0 aromatic heterocycles. The maximum Gasteiger partial charge on any atom is 0.472 e. The molecule has 0 saturated heterocycles. The van der Waals surface area contributed by atoms with Crippen molar-refractivity contribution in [2.24, 2.45) is 0 Å². The van der Waals surface area contributed by atoms with E-state index in [-0.39, 0.29) is 25.9 Å². The van der Waals surface area contributed by atoms with Gasteiger partial charge in [0.1, 0.15) is 12.7 Å². The summed E-state index contributed by atoms with van der Waals surface area (Å²) < 4.78 is 39.7. The number of hydrogen-bond acceptors (Lipinski definition) is 10. The van der Waals surface area contributed by atoms with Gasteiger partial charge in [-0.3, -0.25) is 23.4 Å². The van der Waals surface area contributed by atoms with Crippen molar-refractivity contribution in [3.05, 3.63) is 36.5 Å². The lowest BCUT2D eigenvalue weighted by atomic mass is 10.0. The van der Waals surface area contributed by atoms with Crippen LogP contribution in [-0.4, -0.2) is 66.5 Å². The molecule has 458 valence electrons. The lowest BCUT2D eigenvalue weighted by Gasteiger charge is -2.21. The van der Waals surface area contributed by atoms with E-state index in [4.69, 9.17) is 23.3 Å². The Labute approximate surface area is 480 Å². The van der Waals surface area contributed by atoms with Crippen LogP contribution in [0.5, 0.6) is 0 Å². The molecule has 78 heavy (non-hydrogen) atoms. The Balaban J connectivity index is 4.66. The number of unbranched alkanes of at least 4 members (excludes halogenated alkanes) is 39. The van der Waals surface area contributed by atoms with Crippen molar-refractivity contribution >= 4 is 25.7 Å². The number of aliphatic hydroxyl groups excluding tert-OH is 1. The van der Waals surface area contributed by atoms with Crippen LogP contribution >= 0.6 is 7.82 Å². The highest BCUT2D eigenvalue weighted by Crippen LogP contribution is 2.43. The Kier molecular flexibility index (Phi) is 59.0. The molecular weight excluding hydrogens is 1000 g/mol. The molecule has 0 aliphatic heterocycles. The molecule has 2 N–H and O–H groups in total. The third-order valence-corrected chi connectivity index (χ3v) is 15.5. The van der Waals surface area contributed by atoms with E-state index < -0.39 is 57.8 Å². The van der Waals surface area contributed by atoms with Crippen molar-refractivity contribution in [2.45, 2.75) is 341 Å². The minimum absolute atomic E-state index is 0.167. The van der Waals surface area contributed by atoms with Crippen molar-refractivity contribution in [2.75, 3.05) is 26.4 Å². The minimum Gasteiger partial charge on any atom is -0.462 e. The Morgan fingerprint density at radius 2 is 0.628 bits per heavy atom. The smallest absolute Gasteiger partial charge is 0.462 e. The van der Waals surface area contributed by atoms with Crippen molar-refractivity contribution < 1.29 is 52.2 Å². The van der Waals surface area contributed by atoms with Crippen molar-refractivity contribution in [1.29, 1.82) is 0 Å². The Bertz CT molecular complexity index is 1450. The number of allylic oxidation sites excluding steroid dienone is 6. The van der Waals surface area contributed by atoms with E-state index in [9.17, 15) is 28.9 Å². The summed E-state index contributed by atoms with van der Waals surface area (Å²) >= 11 is 0. The zero-order valence-electron chi connectivity index (χ0n) is 50.9. The van der Waals surface area contributed by atoms with Gasteiger partial charge in [-0.1, -0.05) is 269 Å². The molecule has 0 aromatic carbocycles. The van der Waals surface area contributed by atoms with E-state index in [0.29, 0.717) is 19.3 Å². The number of aliphatic hydroxyl groups is 1. The predicted octanol–water partition coefficient (Wildman–Crippen LogP) is 19.9. The van der Waals surface area contributed by atoms with Crippen LogP contribution in [0.1, 0.15) is 329 Å². The molecule has 11 nitrogen and oxygen atoms in total. The Morgan fingerprint density at radius 3 is 0.987 bits per heavy atom. The highest BCUT2D eigenvalue weighted by Gasteiger charge is 2.28. The molecule has 0 rings (SSSR count). The molecule has 0 aliphatic rings. The van der Waals surface area contributed by atoms with Gasteiger partial charge in [0.25, 0.3) is 0 Å². The highest BCUT2D eigenvalue weighted by molar-refractivity contribution is 7.47. The highest BCUT2D eigenvalue weighted by atomic mass is 31.2. The van der Waals surface area contributed by atoms with Crippen LogP contribution in [0.2, 0.25) is 0 Å². The number of ether oxygens (including phenoxy) is 3. The molecule has 0 saturated carbocycles. The van der Waals surface area contributed by atoms with E-state index in [1.807, 2.05) is 0 Å². The maximum absolute atomic E-state index is 13.0.